The predicted octanol–water partition coefficient (Wildman–Crippen LogP) is 2.11. The molecule has 0 fully saturated rings. The van der Waals surface area contributed by atoms with Crippen molar-refractivity contribution in [3.63, 3.8) is 0 Å². The lowest BCUT2D eigenvalue weighted by molar-refractivity contribution is -0.416. The molecule has 2 heterocycles. The maximum Gasteiger partial charge on any atom is 0.299 e. The van der Waals surface area contributed by atoms with Crippen molar-refractivity contribution in [3.8, 4) is 0 Å². The number of fused-ring (bicyclic) bond motifs is 1. The molecule has 26 heavy (non-hydrogen) atoms. The van der Waals surface area contributed by atoms with Crippen LogP contribution in [0.15, 0.2) is 23.4 Å². The predicted molar refractivity (Wildman–Crippen MR) is 95.6 cm³/mol. The van der Waals surface area contributed by atoms with Crippen molar-refractivity contribution < 1.29 is 18.9 Å². The second kappa shape index (κ2) is 7.83. The van der Waals surface area contributed by atoms with Crippen LogP contribution in [0.2, 0.25) is 0 Å². The molecule has 3 aromatic rings. The third kappa shape index (κ3) is 3.86. The number of nitrogens with two attached hydrogens (primary N) is 1. The number of aromatic amines is 2. The highest BCUT2D eigenvalue weighted by Crippen LogP contribution is 2.24. The Morgan fingerprint density at radius 3 is 2.92 bits per heavy atom. The summed E-state index contributed by atoms with van der Waals surface area (Å²) in [5, 5.41) is 13.1. The van der Waals surface area contributed by atoms with Crippen molar-refractivity contribution in [2.24, 2.45) is 0 Å². The highest BCUT2D eigenvalue weighted by Gasteiger charge is 2.21. The minimum Gasteiger partial charge on any atom is -0.393 e. The van der Waals surface area contributed by atoms with Crippen LogP contribution in [0.3, 0.4) is 0 Å². The molecule has 1 aromatic carbocycles. The van der Waals surface area contributed by atoms with Gasteiger partial charge in [-0.25, -0.2) is 13.8 Å². The standard InChI is InChI=1S/C16H18F2N6OS/c1-2-9(6-25)20-13-12-14(22-15(19)21-12)24-16(23-13)26-7-8-4-3-5-10(17)11(8)18/h3-5,9,25H,2,6-7H2,1H3,(H4,19,20,21,22,23,24)/p+1/t9-/m1/s1. The van der Waals surface area contributed by atoms with Gasteiger partial charge in [-0.15, -0.1) is 0 Å². The van der Waals surface area contributed by atoms with Crippen LogP contribution in [0.5, 0.6) is 0 Å². The molecular formula is C16H19F2N6OS+. The van der Waals surface area contributed by atoms with Gasteiger partial charge in [0.25, 0.3) is 10.8 Å². The Morgan fingerprint density at radius 2 is 2.19 bits per heavy atom. The average Bonchev–Trinajstić information content (AvgIpc) is 3.01. The van der Waals surface area contributed by atoms with Gasteiger partial charge in [-0.3, -0.25) is 5.32 Å². The maximum absolute atomic E-state index is 13.8. The first-order valence-corrected chi connectivity index (χ1v) is 9.02. The first kappa shape index (κ1) is 18.3. The van der Waals surface area contributed by atoms with Crippen molar-refractivity contribution in [1.29, 1.82) is 0 Å². The van der Waals surface area contributed by atoms with Crippen LogP contribution in [0.4, 0.5) is 20.5 Å². The molecule has 7 nitrogen and oxygen atoms in total. The molecule has 0 aliphatic heterocycles. The van der Waals surface area contributed by atoms with Crippen LogP contribution in [0, 0.1) is 11.6 Å². The molecule has 10 heteroatoms. The first-order chi connectivity index (χ1) is 12.5. The minimum atomic E-state index is -0.883. The Labute approximate surface area is 152 Å². The van der Waals surface area contributed by atoms with E-state index in [1.807, 2.05) is 6.92 Å². The number of anilines is 2. The van der Waals surface area contributed by atoms with Gasteiger partial charge in [0.05, 0.1) is 12.6 Å². The van der Waals surface area contributed by atoms with Crippen molar-refractivity contribution in [1.82, 2.24) is 15.0 Å². The van der Waals surface area contributed by atoms with Crippen LogP contribution in [-0.4, -0.2) is 32.7 Å². The summed E-state index contributed by atoms with van der Waals surface area (Å²) in [6.07, 6.45) is 0.703. The van der Waals surface area contributed by atoms with Gasteiger partial charge in [0.15, 0.2) is 17.2 Å². The molecule has 1 atom stereocenters. The summed E-state index contributed by atoms with van der Waals surface area (Å²) in [6.45, 7) is 1.89. The third-order valence-electron chi connectivity index (χ3n) is 3.85. The van der Waals surface area contributed by atoms with E-state index in [4.69, 9.17) is 5.73 Å². The van der Waals surface area contributed by atoms with Crippen LogP contribution in [0.1, 0.15) is 18.9 Å². The number of H-pyrrole nitrogens is 2. The van der Waals surface area contributed by atoms with Gasteiger partial charge < -0.3 is 15.8 Å². The number of imidazole rings is 1. The molecule has 0 amide bonds. The van der Waals surface area contributed by atoms with Crippen LogP contribution < -0.4 is 16.0 Å². The molecule has 3 rings (SSSR count). The van der Waals surface area contributed by atoms with E-state index in [1.165, 1.54) is 23.9 Å². The fourth-order valence-corrected chi connectivity index (χ4v) is 3.23. The zero-order valence-electron chi connectivity index (χ0n) is 14.0. The van der Waals surface area contributed by atoms with Crippen LogP contribution >= 0.6 is 11.8 Å². The number of rotatable bonds is 7. The van der Waals surface area contributed by atoms with Crippen molar-refractivity contribution >= 4 is 34.7 Å². The van der Waals surface area contributed by atoms with Gasteiger partial charge in [-0.05, 0) is 24.2 Å². The van der Waals surface area contributed by atoms with E-state index in [0.717, 1.165) is 6.07 Å². The number of hydrogen-bond acceptors (Lipinski definition) is 6. The quantitative estimate of drug-likeness (QED) is 0.368. The Morgan fingerprint density at radius 1 is 1.38 bits per heavy atom. The molecule has 0 aliphatic rings. The molecule has 138 valence electrons. The number of nitrogens with zero attached hydrogens (tertiary/aromatic N) is 2. The highest BCUT2D eigenvalue weighted by atomic mass is 32.2. The second-order valence-electron chi connectivity index (χ2n) is 5.67. The molecule has 0 bridgehead atoms. The topological polar surface area (TPSA) is 114 Å². The van der Waals surface area contributed by atoms with E-state index in [1.54, 1.807) is 0 Å². The number of aromatic nitrogens is 4. The normalized spacial score (nSPS) is 12.5. The number of aliphatic hydroxyl groups is 1. The number of aliphatic hydroxyl groups excluding tert-OH is 1. The van der Waals surface area contributed by atoms with Crippen LogP contribution in [-0.2, 0) is 5.75 Å². The number of nitrogen functional groups attached to an aromatic ring is 1. The van der Waals surface area contributed by atoms with Crippen LogP contribution in [0.25, 0.3) is 11.2 Å². The Kier molecular flexibility index (Phi) is 5.52. The molecule has 0 unspecified atom stereocenters. The summed E-state index contributed by atoms with van der Waals surface area (Å²) in [4.78, 5) is 14.5. The first-order valence-electron chi connectivity index (χ1n) is 8.03. The molecule has 6 N–H and O–H groups in total. The van der Waals surface area contributed by atoms with E-state index in [2.05, 4.69) is 25.3 Å². The molecular weight excluding hydrogens is 362 g/mol. The summed E-state index contributed by atoms with van der Waals surface area (Å²) >= 11 is 1.21. The van der Waals surface area contributed by atoms with E-state index in [-0.39, 0.29) is 29.9 Å². The SMILES string of the molecule is CC[C@H](CO)Nc1[nH+]c(SCc2cccc(F)c2F)nc2nc(N)[nH]c12. The summed E-state index contributed by atoms with van der Waals surface area (Å²) in [5.74, 6) is -0.780. The summed E-state index contributed by atoms with van der Waals surface area (Å²) < 4.78 is 27.1. The maximum atomic E-state index is 13.8. The zero-order chi connectivity index (χ0) is 18.7. The second-order valence-corrected chi connectivity index (χ2v) is 6.64. The lowest BCUT2D eigenvalue weighted by atomic mass is 10.2. The Balaban J connectivity index is 1.89. The van der Waals surface area contributed by atoms with Gasteiger partial charge >= 0.3 is 0 Å². The number of thioether (sulfide) groups is 1. The van der Waals surface area contributed by atoms with Crippen molar-refractivity contribution in [2.45, 2.75) is 30.3 Å². The highest BCUT2D eigenvalue weighted by molar-refractivity contribution is 7.98. The Bertz CT molecular complexity index is 915. The molecule has 0 radical (unpaired) electrons. The fraction of sp³-hybridized carbons (Fsp3) is 0.312. The van der Waals surface area contributed by atoms with Gasteiger partial charge in [-0.1, -0.05) is 24.0 Å². The van der Waals surface area contributed by atoms with Gasteiger partial charge in [-0.2, -0.15) is 4.98 Å². The van der Waals surface area contributed by atoms with E-state index in [0.29, 0.717) is 28.6 Å². The summed E-state index contributed by atoms with van der Waals surface area (Å²) in [5.41, 5.74) is 6.92. The van der Waals surface area contributed by atoms with E-state index < -0.39 is 11.6 Å². The van der Waals surface area contributed by atoms with E-state index in [9.17, 15) is 13.9 Å². The fourth-order valence-electron chi connectivity index (χ4n) is 2.39. The molecule has 0 spiro atoms. The molecule has 0 saturated heterocycles. The number of benzene rings is 1. The number of halogens is 2. The molecule has 2 aromatic heterocycles. The van der Waals surface area contributed by atoms with Crippen molar-refractivity contribution in [3.05, 3.63) is 35.4 Å². The minimum absolute atomic E-state index is 0.0469. The van der Waals surface area contributed by atoms with Crippen molar-refractivity contribution in [2.75, 3.05) is 17.7 Å². The van der Waals surface area contributed by atoms with Gasteiger partial charge in [0.1, 0.15) is 0 Å². The van der Waals surface area contributed by atoms with Gasteiger partial charge in [0.2, 0.25) is 11.8 Å². The smallest absolute Gasteiger partial charge is 0.299 e. The number of nitrogens with one attached hydrogen (secondary N) is 3. The third-order valence-corrected chi connectivity index (χ3v) is 4.77. The zero-order valence-corrected chi connectivity index (χ0v) is 14.8. The largest absolute Gasteiger partial charge is 0.393 e. The molecule has 0 aliphatic carbocycles. The van der Waals surface area contributed by atoms with Gasteiger partial charge in [0, 0.05) is 11.3 Å². The monoisotopic (exact) mass is 381 g/mol. The number of hydrogen-bond donors (Lipinski definition) is 4. The Hall–Kier alpha value is -2.46. The molecule has 0 saturated carbocycles. The lowest BCUT2D eigenvalue weighted by Gasteiger charge is -2.11. The summed E-state index contributed by atoms with van der Waals surface area (Å²) in [7, 11) is 0. The van der Waals surface area contributed by atoms with E-state index >= 15 is 0 Å². The average molecular weight is 381 g/mol. The summed E-state index contributed by atoms with van der Waals surface area (Å²) in [6, 6.07) is 3.89. The lowest BCUT2D eigenvalue weighted by Crippen LogP contribution is -2.28.